The second kappa shape index (κ2) is 8.71. The standard InChI is InChI=1S/C16H21NO5/c1-4-9-22-13-7-5-12(10-14(13)21-3)6-8-15(18)17-11(2)16(19)20/h5-8,10-11H,4,9H2,1-3H3,(H,17,18)(H,19,20)/b8-6+/t11-/m0/s1. The van der Waals surface area contributed by atoms with Crippen molar-refractivity contribution in [3.8, 4) is 11.5 Å². The summed E-state index contributed by atoms with van der Waals surface area (Å²) in [6, 6.07) is 4.37. The number of carboxylic acids is 1. The van der Waals surface area contributed by atoms with E-state index >= 15 is 0 Å². The molecule has 2 N–H and O–H groups in total. The summed E-state index contributed by atoms with van der Waals surface area (Å²) in [6.07, 6.45) is 3.75. The molecular weight excluding hydrogens is 286 g/mol. The van der Waals surface area contributed by atoms with Crippen LogP contribution in [0.3, 0.4) is 0 Å². The van der Waals surface area contributed by atoms with Gasteiger partial charge in [0, 0.05) is 6.08 Å². The van der Waals surface area contributed by atoms with E-state index in [0.29, 0.717) is 18.1 Å². The van der Waals surface area contributed by atoms with Crippen LogP contribution in [0, 0.1) is 0 Å². The van der Waals surface area contributed by atoms with Crippen molar-refractivity contribution >= 4 is 18.0 Å². The highest BCUT2D eigenvalue weighted by atomic mass is 16.5. The van der Waals surface area contributed by atoms with Crippen LogP contribution in [0.25, 0.3) is 6.08 Å². The molecular formula is C16H21NO5. The lowest BCUT2D eigenvalue weighted by atomic mass is 10.2. The van der Waals surface area contributed by atoms with Gasteiger partial charge in [-0.05, 0) is 37.1 Å². The first-order chi connectivity index (χ1) is 10.5. The van der Waals surface area contributed by atoms with Crippen LogP contribution in [0.1, 0.15) is 25.8 Å². The molecule has 0 saturated carbocycles. The first kappa shape index (κ1) is 17.6. The molecule has 6 nitrogen and oxygen atoms in total. The first-order valence-electron chi connectivity index (χ1n) is 7.00. The van der Waals surface area contributed by atoms with Crippen molar-refractivity contribution in [3.05, 3.63) is 29.8 Å². The van der Waals surface area contributed by atoms with Gasteiger partial charge < -0.3 is 19.9 Å². The Morgan fingerprint density at radius 2 is 2.09 bits per heavy atom. The molecule has 0 aliphatic heterocycles. The summed E-state index contributed by atoms with van der Waals surface area (Å²) in [7, 11) is 1.54. The Bertz CT molecular complexity index is 553. The van der Waals surface area contributed by atoms with Crippen LogP contribution in [0.5, 0.6) is 11.5 Å². The summed E-state index contributed by atoms with van der Waals surface area (Å²) in [5, 5.41) is 11.1. The predicted octanol–water partition coefficient (Wildman–Crippen LogP) is 2.09. The molecule has 0 bridgehead atoms. The molecule has 1 rings (SSSR count). The van der Waals surface area contributed by atoms with E-state index in [1.54, 1.807) is 31.4 Å². The van der Waals surface area contributed by atoms with E-state index in [-0.39, 0.29) is 0 Å². The number of carboxylic acid groups (broad SMARTS) is 1. The van der Waals surface area contributed by atoms with E-state index < -0.39 is 17.9 Å². The van der Waals surface area contributed by atoms with E-state index in [1.807, 2.05) is 6.92 Å². The normalized spacial score (nSPS) is 12.0. The molecule has 1 atom stereocenters. The smallest absolute Gasteiger partial charge is 0.325 e. The van der Waals surface area contributed by atoms with Crippen LogP contribution in [-0.2, 0) is 9.59 Å². The van der Waals surface area contributed by atoms with Gasteiger partial charge in [-0.2, -0.15) is 0 Å². The van der Waals surface area contributed by atoms with Crippen molar-refractivity contribution in [2.75, 3.05) is 13.7 Å². The zero-order valence-corrected chi connectivity index (χ0v) is 13.0. The minimum absolute atomic E-state index is 0.472. The molecule has 0 saturated heterocycles. The Hall–Kier alpha value is -2.50. The molecule has 0 fully saturated rings. The molecule has 0 heterocycles. The lowest BCUT2D eigenvalue weighted by Gasteiger charge is -2.10. The van der Waals surface area contributed by atoms with E-state index in [4.69, 9.17) is 14.6 Å². The minimum atomic E-state index is -1.08. The Morgan fingerprint density at radius 3 is 2.68 bits per heavy atom. The molecule has 1 aromatic rings. The molecule has 0 aromatic heterocycles. The predicted molar refractivity (Wildman–Crippen MR) is 83.1 cm³/mol. The number of amides is 1. The average Bonchev–Trinajstić information content (AvgIpc) is 2.50. The van der Waals surface area contributed by atoms with Crippen LogP contribution < -0.4 is 14.8 Å². The van der Waals surface area contributed by atoms with Crippen molar-refractivity contribution in [2.45, 2.75) is 26.3 Å². The molecule has 0 aliphatic rings. The van der Waals surface area contributed by atoms with Crippen molar-refractivity contribution in [3.63, 3.8) is 0 Å². The number of benzene rings is 1. The topological polar surface area (TPSA) is 84.9 Å². The third kappa shape index (κ3) is 5.47. The maximum atomic E-state index is 11.6. The summed E-state index contributed by atoms with van der Waals surface area (Å²) < 4.78 is 10.8. The second-order valence-electron chi connectivity index (χ2n) is 4.66. The van der Waals surface area contributed by atoms with E-state index in [9.17, 15) is 9.59 Å². The average molecular weight is 307 g/mol. The Balaban J connectivity index is 2.74. The first-order valence-corrected chi connectivity index (χ1v) is 7.00. The Labute approximate surface area is 129 Å². The largest absolute Gasteiger partial charge is 0.493 e. The third-order valence-corrected chi connectivity index (χ3v) is 2.81. The number of aliphatic carboxylic acids is 1. The molecule has 0 spiro atoms. The fourth-order valence-electron chi connectivity index (χ4n) is 1.61. The van der Waals surface area contributed by atoms with Crippen molar-refractivity contribution in [1.29, 1.82) is 0 Å². The van der Waals surface area contributed by atoms with Gasteiger partial charge in [-0.15, -0.1) is 0 Å². The van der Waals surface area contributed by atoms with Crippen LogP contribution in [-0.4, -0.2) is 36.7 Å². The van der Waals surface area contributed by atoms with Crippen molar-refractivity contribution in [1.82, 2.24) is 5.32 Å². The molecule has 1 aromatic carbocycles. The fourth-order valence-corrected chi connectivity index (χ4v) is 1.61. The van der Waals surface area contributed by atoms with E-state index in [2.05, 4.69) is 5.32 Å². The summed E-state index contributed by atoms with van der Waals surface area (Å²) in [4.78, 5) is 22.2. The molecule has 1 amide bonds. The highest BCUT2D eigenvalue weighted by Gasteiger charge is 2.11. The van der Waals surface area contributed by atoms with Crippen molar-refractivity contribution in [2.24, 2.45) is 0 Å². The quantitative estimate of drug-likeness (QED) is 0.718. The maximum Gasteiger partial charge on any atom is 0.325 e. The summed E-state index contributed by atoms with van der Waals surface area (Å²) >= 11 is 0. The van der Waals surface area contributed by atoms with Gasteiger partial charge in [0.05, 0.1) is 13.7 Å². The van der Waals surface area contributed by atoms with Crippen LogP contribution in [0.4, 0.5) is 0 Å². The van der Waals surface area contributed by atoms with E-state index in [1.165, 1.54) is 13.0 Å². The molecule has 0 aliphatic carbocycles. The third-order valence-electron chi connectivity index (χ3n) is 2.81. The molecule has 120 valence electrons. The number of nitrogens with one attached hydrogen (secondary N) is 1. The lowest BCUT2D eigenvalue weighted by Crippen LogP contribution is -2.37. The highest BCUT2D eigenvalue weighted by Crippen LogP contribution is 2.28. The Morgan fingerprint density at radius 1 is 1.36 bits per heavy atom. The lowest BCUT2D eigenvalue weighted by molar-refractivity contribution is -0.140. The number of methoxy groups -OCH3 is 1. The van der Waals surface area contributed by atoms with Crippen molar-refractivity contribution < 1.29 is 24.2 Å². The van der Waals surface area contributed by atoms with Gasteiger partial charge in [-0.3, -0.25) is 9.59 Å². The molecule has 0 radical (unpaired) electrons. The molecule has 6 heteroatoms. The number of hydrogen-bond donors (Lipinski definition) is 2. The SMILES string of the molecule is CCCOc1ccc(/C=C/C(=O)N[C@@H](C)C(=O)O)cc1OC. The zero-order chi connectivity index (χ0) is 16.5. The molecule has 0 unspecified atom stereocenters. The van der Waals surface area contributed by atoms with Gasteiger partial charge in [0.2, 0.25) is 5.91 Å². The number of ether oxygens (including phenoxy) is 2. The monoisotopic (exact) mass is 307 g/mol. The Kier molecular flexibility index (Phi) is 6.95. The second-order valence-corrected chi connectivity index (χ2v) is 4.66. The maximum absolute atomic E-state index is 11.6. The van der Waals surface area contributed by atoms with Gasteiger partial charge in [0.15, 0.2) is 11.5 Å². The van der Waals surface area contributed by atoms with Gasteiger partial charge in [0.25, 0.3) is 0 Å². The van der Waals surface area contributed by atoms with Crippen LogP contribution in [0.2, 0.25) is 0 Å². The van der Waals surface area contributed by atoms with Gasteiger partial charge in [-0.1, -0.05) is 13.0 Å². The van der Waals surface area contributed by atoms with Gasteiger partial charge >= 0.3 is 5.97 Å². The summed E-state index contributed by atoms with van der Waals surface area (Å²) in [5.41, 5.74) is 0.749. The highest BCUT2D eigenvalue weighted by molar-refractivity contribution is 5.94. The van der Waals surface area contributed by atoms with Crippen LogP contribution in [0.15, 0.2) is 24.3 Å². The summed E-state index contributed by atoms with van der Waals surface area (Å²) in [5.74, 6) is -0.332. The number of carbonyl (C=O) groups is 2. The van der Waals surface area contributed by atoms with Crippen LogP contribution >= 0.6 is 0 Å². The van der Waals surface area contributed by atoms with Gasteiger partial charge in [-0.25, -0.2) is 0 Å². The summed E-state index contributed by atoms with van der Waals surface area (Å²) in [6.45, 7) is 4.01. The number of hydrogen-bond acceptors (Lipinski definition) is 4. The fraction of sp³-hybridized carbons (Fsp3) is 0.375. The minimum Gasteiger partial charge on any atom is -0.493 e. The number of carbonyl (C=O) groups excluding carboxylic acids is 1. The molecule has 22 heavy (non-hydrogen) atoms. The number of rotatable bonds is 8. The van der Waals surface area contributed by atoms with Gasteiger partial charge in [0.1, 0.15) is 6.04 Å². The zero-order valence-electron chi connectivity index (χ0n) is 13.0. The van der Waals surface area contributed by atoms with E-state index in [0.717, 1.165) is 12.0 Å².